The van der Waals surface area contributed by atoms with E-state index in [2.05, 4.69) is 4.72 Å². The first-order chi connectivity index (χ1) is 13.2. The Bertz CT molecular complexity index is 1020. The Morgan fingerprint density at radius 2 is 1.89 bits per heavy atom. The van der Waals surface area contributed by atoms with Gasteiger partial charge in [-0.3, -0.25) is 4.79 Å². The van der Waals surface area contributed by atoms with Gasteiger partial charge in [0.25, 0.3) is 5.91 Å². The molecule has 8 heteroatoms. The number of rotatable bonds is 5. The lowest BCUT2D eigenvalue weighted by atomic mass is 10.1. The van der Waals surface area contributed by atoms with Crippen LogP contribution in [-0.2, 0) is 26.0 Å². The number of para-hydroxylation sites is 1. The molecule has 1 N–H and O–H groups in total. The Kier molecular flexibility index (Phi) is 5.53. The van der Waals surface area contributed by atoms with Crippen molar-refractivity contribution in [2.45, 2.75) is 37.3 Å². The molecule has 1 aliphatic heterocycles. The quantitative estimate of drug-likeness (QED) is 0.774. The minimum absolute atomic E-state index is 0.0323. The van der Waals surface area contributed by atoms with Gasteiger partial charge in [0.1, 0.15) is 0 Å². The number of nitrogens with one attached hydrogen (secondary N) is 1. The monoisotopic (exact) mass is 402 g/mol. The summed E-state index contributed by atoms with van der Waals surface area (Å²) in [6, 6.07) is 13.1. The van der Waals surface area contributed by atoms with Gasteiger partial charge in [-0.05, 0) is 57.1 Å². The van der Waals surface area contributed by atoms with Gasteiger partial charge in [-0.2, -0.15) is 0 Å². The second kappa shape index (κ2) is 7.73. The molecule has 2 aromatic rings. The maximum absolute atomic E-state index is 12.9. The van der Waals surface area contributed by atoms with Gasteiger partial charge in [-0.1, -0.05) is 24.3 Å². The van der Waals surface area contributed by atoms with Crippen LogP contribution in [0.5, 0.6) is 0 Å². The summed E-state index contributed by atoms with van der Waals surface area (Å²) in [7, 11) is -2.40. The van der Waals surface area contributed by atoms with E-state index in [1.807, 2.05) is 31.2 Å². The molecule has 0 spiro atoms. The van der Waals surface area contributed by atoms with E-state index in [0.29, 0.717) is 0 Å². The van der Waals surface area contributed by atoms with Gasteiger partial charge in [-0.15, -0.1) is 0 Å². The standard InChI is InChI=1S/C20H22N2O5S/c1-13-11-15-7-4-5-10-18(15)22(13)19(23)14(2)27-20(24)16-8-6-9-17(12-16)28(25,26)21-3/h4-10,12-14,21H,11H2,1-3H3/t13-,14+/m1/s1. The van der Waals surface area contributed by atoms with Crippen molar-refractivity contribution in [2.75, 3.05) is 11.9 Å². The van der Waals surface area contributed by atoms with Crippen LogP contribution >= 0.6 is 0 Å². The fourth-order valence-corrected chi connectivity index (χ4v) is 4.06. The molecule has 0 radical (unpaired) electrons. The Morgan fingerprint density at radius 1 is 1.18 bits per heavy atom. The highest BCUT2D eigenvalue weighted by Gasteiger charge is 2.34. The number of benzene rings is 2. The molecule has 0 fully saturated rings. The molecule has 0 unspecified atom stereocenters. The summed E-state index contributed by atoms with van der Waals surface area (Å²) in [6.45, 7) is 3.46. The lowest BCUT2D eigenvalue weighted by molar-refractivity contribution is -0.126. The molecule has 0 saturated heterocycles. The summed E-state index contributed by atoms with van der Waals surface area (Å²) in [5, 5.41) is 0. The van der Waals surface area contributed by atoms with Gasteiger partial charge in [0, 0.05) is 11.7 Å². The number of nitrogens with zero attached hydrogens (tertiary/aromatic N) is 1. The number of hydrogen-bond acceptors (Lipinski definition) is 5. The highest BCUT2D eigenvalue weighted by atomic mass is 32.2. The number of fused-ring (bicyclic) bond motifs is 1. The van der Waals surface area contributed by atoms with Crippen LogP contribution in [0.15, 0.2) is 53.4 Å². The summed E-state index contributed by atoms with van der Waals surface area (Å²) >= 11 is 0. The lowest BCUT2D eigenvalue weighted by Gasteiger charge is -2.26. The Labute approximate surface area is 164 Å². The van der Waals surface area contributed by atoms with Gasteiger partial charge in [-0.25, -0.2) is 17.9 Å². The van der Waals surface area contributed by atoms with Crippen molar-refractivity contribution in [1.82, 2.24) is 4.72 Å². The van der Waals surface area contributed by atoms with Crippen LogP contribution in [0.1, 0.15) is 29.8 Å². The van der Waals surface area contributed by atoms with E-state index in [0.717, 1.165) is 17.7 Å². The summed E-state index contributed by atoms with van der Waals surface area (Å²) in [5.74, 6) is -1.07. The second-order valence-corrected chi connectivity index (χ2v) is 8.56. The van der Waals surface area contributed by atoms with Crippen LogP contribution < -0.4 is 9.62 Å². The molecule has 28 heavy (non-hydrogen) atoms. The molecule has 0 aliphatic carbocycles. The van der Waals surface area contributed by atoms with E-state index in [9.17, 15) is 18.0 Å². The third-order valence-corrected chi connectivity index (χ3v) is 6.14. The summed E-state index contributed by atoms with van der Waals surface area (Å²) < 4.78 is 31.3. The zero-order valence-electron chi connectivity index (χ0n) is 15.9. The number of amides is 1. The first kappa shape index (κ1) is 20.0. The molecule has 1 amide bonds. The average Bonchev–Trinajstić information content (AvgIpc) is 3.03. The van der Waals surface area contributed by atoms with Crippen molar-refractivity contribution in [1.29, 1.82) is 0 Å². The molecule has 148 valence electrons. The molecule has 0 saturated carbocycles. The zero-order valence-corrected chi connectivity index (χ0v) is 16.7. The van der Waals surface area contributed by atoms with Crippen molar-refractivity contribution in [3.63, 3.8) is 0 Å². The number of esters is 1. The van der Waals surface area contributed by atoms with Crippen molar-refractivity contribution < 1.29 is 22.7 Å². The van der Waals surface area contributed by atoms with Gasteiger partial charge >= 0.3 is 5.97 Å². The molecule has 0 aromatic heterocycles. The smallest absolute Gasteiger partial charge is 0.338 e. The van der Waals surface area contributed by atoms with E-state index in [1.54, 1.807) is 4.90 Å². The Hall–Kier alpha value is -2.71. The van der Waals surface area contributed by atoms with Crippen molar-refractivity contribution in [3.8, 4) is 0 Å². The molecule has 1 aliphatic rings. The van der Waals surface area contributed by atoms with E-state index >= 15 is 0 Å². The number of ether oxygens (including phenoxy) is 1. The maximum atomic E-state index is 12.9. The van der Waals surface area contributed by atoms with Gasteiger partial charge in [0.2, 0.25) is 10.0 Å². The van der Waals surface area contributed by atoms with E-state index in [4.69, 9.17) is 4.74 Å². The third kappa shape index (κ3) is 3.79. The average molecular weight is 402 g/mol. The highest BCUT2D eigenvalue weighted by molar-refractivity contribution is 7.89. The number of hydrogen-bond donors (Lipinski definition) is 1. The Balaban J connectivity index is 1.76. The van der Waals surface area contributed by atoms with Crippen LogP contribution in [0.2, 0.25) is 0 Å². The summed E-state index contributed by atoms with van der Waals surface area (Å²) in [4.78, 5) is 27.0. The van der Waals surface area contributed by atoms with Crippen LogP contribution in [-0.4, -0.2) is 39.5 Å². The number of carbonyl (C=O) groups is 2. The normalized spacial score (nSPS) is 17.1. The predicted octanol–water partition coefficient (Wildman–Crippen LogP) is 2.12. The lowest BCUT2D eigenvalue weighted by Crippen LogP contribution is -2.43. The maximum Gasteiger partial charge on any atom is 0.338 e. The number of anilines is 1. The van der Waals surface area contributed by atoms with Gasteiger partial charge in [0.05, 0.1) is 10.5 Å². The van der Waals surface area contributed by atoms with Crippen molar-refractivity contribution >= 4 is 27.6 Å². The molecular formula is C20H22N2O5S. The molecule has 3 rings (SSSR count). The molecular weight excluding hydrogens is 380 g/mol. The van der Waals surface area contributed by atoms with Gasteiger partial charge < -0.3 is 9.64 Å². The summed E-state index contributed by atoms with van der Waals surface area (Å²) in [5.41, 5.74) is 1.96. The Morgan fingerprint density at radius 3 is 2.61 bits per heavy atom. The first-order valence-electron chi connectivity index (χ1n) is 8.90. The van der Waals surface area contributed by atoms with Crippen LogP contribution in [0, 0.1) is 0 Å². The minimum Gasteiger partial charge on any atom is -0.449 e. The van der Waals surface area contributed by atoms with Crippen molar-refractivity contribution in [2.24, 2.45) is 0 Å². The largest absolute Gasteiger partial charge is 0.449 e. The van der Waals surface area contributed by atoms with E-state index < -0.39 is 22.1 Å². The molecule has 1 heterocycles. The van der Waals surface area contributed by atoms with Crippen LogP contribution in [0.4, 0.5) is 5.69 Å². The van der Waals surface area contributed by atoms with Gasteiger partial charge in [0.15, 0.2) is 6.10 Å². The topological polar surface area (TPSA) is 92.8 Å². The molecule has 2 aromatic carbocycles. The SMILES string of the molecule is CNS(=O)(=O)c1cccc(C(=O)O[C@@H](C)C(=O)N2c3ccccc3C[C@H]2C)c1. The second-order valence-electron chi connectivity index (χ2n) is 6.67. The summed E-state index contributed by atoms with van der Waals surface area (Å²) in [6.07, 6.45) is -0.266. The van der Waals surface area contributed by atoms with Crippen LogP contribution in [0.25, 0.3) is 0 Å². The van der Waals surface area contributed by atoms with Crippen molar-refractivity contribution in [3.05, 3.63) is 59.7 Å². The number of carbonyl (C=O) groups excluding carboxylic acids is 2. The molecule has 0 bridgehead atoms. The minimum atomic E-state index is -3.69. The molecule has 2 atom stereocenters. The number of sulfonamides is 1. The van der Waals surface area contributed by atoms with E-state index in [-0.39, 0.29) is 22.4 Å². The third-order valence-electron chi connectivity index (χ3n) is 4.73. The predicted molar refractivity (Wildman–Crippen MR) is 105 cm³/mol. The fourth-order valence-electron chi connectivity index (χ4n) is 3.28. The fraction of sp³-hybridized carbons (Fsp3) is 0.300. The molecule has 7 nitrogen and oxygen atoms in total. The zero-order chi connectivity index (χ0) is 20.5. The first-order valence-corrected chi connectivity index (χ1v) is 10.4. The van der Waals surface area contributed by atoms with Crippen LogP contribution in [0.3, 0.4) is 0 Å². The van der Waals surface area contributed by atoms with E-state index in [1.165, 1.54) is 38.2 Å². The highest BCUT2D eigenvalue weighted by Crippen LogP contribution is 2.32.